The first-order valence-electron chi connectivity index (χ1n) is 11.4. The van der Waals surface area contributed by atoms with Crippen molar-refractivity contribution < 1.29 is 19.8 Å². The number of rotatable bonds is 21. The molecular weight excluding hydrogens is 352 g/mol. The van der Waals surface area contributed by atoms with Crippen LogP contribution in [0.15, 0.2) is 24.3 Å². The molecule has 0 heterocycles. The molecule has 0 rings (SSSR count). The van der Waals surface area contributed by atoms with Crippen molar-refractivity contribution in [2.45, 2.75) is 116 Å². The van der Waals surface area contributed by atoms with Gasteiger partial charge in [0, 0.05) is 12.8 Å². The average Bonchev–Trinajstić information content (AvgIpc) is 2.65. The highest BCUT2D eigenvalue weighted by Crippen LogP contribution is 2.10. The first kappa shape index (κ1) is 26.4. The second kappa shape index (κ2) is 21.7. The van der Waals surface area contributed by atoms with Gasteiger partial charge in [0.15, 0.2) is 0 Å². The summed E-state index contributed by atoms with van der Waals surface area (Å²) in [6.45, 7) is 0. The summed E-state index contributed by atoms with van der Waals surface area (Å²) in [6, 6.07) is 0. The maximum atomic E-state index is 10.4. The topological polar surface area (TPSA) is 74.6 Å². The molecule has 0 amide bonds. The lowest BCUT2D eigenvalue weighted by atomic mass is 10.1. The summed E-state index contributed by atoms with van der Waals surface area (Å²) < 4.78 is 0. The second-order valence-electron chi connectivity index (χ2n) is 7.63. The Hall–Kier alpha value is -1.58. The Morgan fingerprint density at radius 1 is 0.429 bits per heavy atom. The van der Waals surface area contributed by atoms with Crippen LogP contribution in [0.5, 0.6) is 0 Å². The van der Waals surface area contributed by atoms with Crippen molar-refractivity contribution in [3.05, 3.63) is 24.3 Å². The van der Waals surface area contributed by atoms with Crippen LogP contribution in [0.2, 0.25) is 0 Å². The molecule has 0 atom stereocenters. The lowest BCUT2D eigenvalue weighted by molar-refractivity contribution is -0.138. The van der Waals surface area contributed by atoms with Gasteiger partial charge in [-0.25, -0.2) is 0 Å². The van der Waals surface area contributed by atoms with Gasteiger partial charge in [-0.3, -0.25) is 9.59 Å². The maximum Gasteiger partial charge on any atom is 0.303 e. The van der Waals surface area contributed by atoms with Gasteiger partial charge in [0.1, 0.15) is 0 Å². The third-order valence-electron chi connectivity index (χ3n) is 4.86. The fourth-order valence-corrected chi connectivity index (χ4v) is 3.15. The van der Waals surface area contributed by atoms with Crippen molar-refractivity contribution in [2.24, 2.45) is 0 Å². The van der Waals surface area contributed by atoms with Crippen molar-refractivity contribution in [1.82, 2.24) is 0 Å². The van der Waals surface area contributed by atoms with E-state index in [0.717, 1.165) is 64.2 Å². The van der Waals surface area contributed by atoms with Gasteiger partial charge in [-0.2, -0.15) is 0 Å². The zero-order valence-corrected chi connectivity index (χ0v) is 17.7. The van der Waals surface area contributed by atoms with Crippen LogP contribution in [-0.4, -0.2) is 22.2 Å². The predicted octanol–water partition coefficient (Wildman–Crippen LogP) is 7.29. The van der Waals surface area contributed by atoms with Crippen molar-refractivity contribution in [1.29, 1.82) is 0 Å². The summed E-state index contributed by atoms with van der Waals surface area (Å²) in [5.41, 5.74) is 0. The van der Waals surface area contributed by atoms with Crippen molar-refractivity contribution in [3.8, 4) is 0 Å². The minimum absolute atomic E-state index is 0.313. The average molecular weight is 395 g/mol. The van der Waals surface area contributed by atoms with Crippen LogP contribution in [0, 0.1) is 0 Å². The third kappa shape index (κ3) is 24.4. The molecule has 0 fully saturated rings. The highest BCUT2D eigenvalue weighted by Gasteiger charge is 1.97. The van der Waals surface area contributed by atoms with Gasteiger partial charge in [0.05, 0.1) is 0 Å². The van der Waals surface area contributed by atoms with E-state index in [1.54, 1.807) is 0 Å². The molecule has 0 aromatic rings. The van der Waals surface area contributed by atoms with E-state index in [9.17, 15) is 9.59 Å². The number of unbranched alkanes of at least 4 members (excludes halogenated alkanes) is 13. The molecule has 4 heteroatoms. The van der Waals surface area contributed by atoms with Crippen molar-refractivity contribution in [3.63, 3.8) is 0 Å². The van der Waals surface area contributed by atoms with Crippen LogP contribution in [0.25, 0.3) is 0 Å². The largest absolute Gasteiger partial charge is 0.481 e. The molecule has 0 aliphatic heterocycles. The molecule has 0 aliphatic carbocycles. The Morgan fingerprint density at radius 2 is 0.714 bits per heavy atom. The maximum absolute atomic E-state index is 10.4. The SMILES string of the molecule is O=C(O)CCCCCCCCC=CCCC=CCCCCCCCCC(=O)O. The minimum atomic E-state index is -0.679. The number of hydrogen-bond donors (Lipinski definition) is 2. The molecule has 4 nitrogen and oxygen atoms in total. The van der Waals surface area contributed by atoms with Crippen molar-refractivity contribution in [2.75, 3.05) is 0 Å². The quantitative estimate of drug-likeness (QED) is 0.158. The molecule has 28 heavy (non-hydrogen) atoms. The summed E-state index contributed by atoms with van der Waals surface area (Å²) in [6.07, 6.45) is 27.8. The van der Waals surface area contributed by atoms with Crippen LogP contribution in [0.3, 0.4) is 0 Å². The lowest BCUT2D eigenvalue weighted by Gasteiger charge is -1.99. The first-order valence-corrected chi connectivity index (χ1v) is 11.4. The highest BCUT2D eigenvalue weighted by molar-refractivity contribution is 5.66. The van der Waals surface area contributed by atoms with E-state index in [4.69, 9.17) is 10.2 Å². The molecule has 0 aliphatic rings. The Labute approximate surface area is 172 Å². The minimum Gasteiger partial charge on any atom is -0.481 e. The zero-order valence-electron chi connectivity index (χ0n) is 17.7. The molecule has 0 aromatic carbocycles. The van der Waals surface area contributed by atoms with Crippen LogP contribution < -0.4 is 0 Å². The standard InChI is InChI=1S/C24H42O4/c25-23(26)21-19-17-15-13-11-9-7-5-3-1-2-4-6-8-10-12-14-16-18-20-22-24(27)28/h3-6H,1-2,7-22H2,(H,25,26)(H,27,28). The zero-order chi connectivity index (χ0) is 20.7. The van der Waals surface area contributed by atoms with Gasteiger partial charge in [0.25, 0.3) is 0 Å². The number of carboxylic acids is 2. The summed E-state index contributed by atoms with van der Waals surface area (Å²) in [5.74, 6) is -1.36. The molecule has 0 aromatic heterocycles. The summed E-state index contributed by atoms with van der Waals surface area (Å²) in [4.78, 5) is 20.8. The molecule has 0 saturated carbocycles. The number of carbonyl (C=O) groups is 2. The Morgan fingerprint density at radius 3 is 1.07 bits per heavy atom. The Bertz CT molecular complexity index is 386. The fourth-order valence-electron chi connectivity index (χ4n) is 3.15. The summed E-state index contributed by atoms with van der Waals surface area (Å²) in [7, 11) is 0. The molecule has 0 bridgehead atoms. The van der Waals surface area contributed by atoms with E-state index >= 15 is 0 Å². The Balaban J connectivity index is 3.20. The van der Waals surface area contributed by atoms with Crippen LogP contribution in [0.1, 0.15) is 116 Å². The van der Waals surface area contributed by atoms with Gasteiger partial charge in [-0.1, -0.05) is 75.7 Å². The second-order valence-corrected chi connectivity index (χ2v) is 7.63. The van der Waals surface area contributed by atoms with E-state index in [1.807, 2.05) is 0 Å². The summed E-state index contributed by atoms with van der Waals surface area (Å²) in [5, 5.41) is 17.1. The number of hydrogen-bond acceptors (Lipinski definition) is 2. The van der Waals surface area contributed by atoms with Crippen LogP contribution in [0.4, 0.5) is 0 Å². The lowest BCUT2D eigenvalue weighted by Crippen LogP contribution is -1.93. The molecule has 0 unspecified atom stereocenters. The van der Waals surface area contributed by atoms with E-state index < -0.39 is 11.9 Å². The van der Waals surface area contributed by atoms with Crippen molar-refractivity contribution >= 4 is 11.9 Å². The van der Waals surface area contributed by atoms with E-state index in [0.29, 0.717) is 12.8 Å². The van der Waals surface area contributed by atoms with Crippen LogP contribution >= 0.6 is 0 Å². The smallest absolute Gasteiger partial charge is 0.303 e. The van der Waals surface area contributed by atoms with Gasteiger partial charge in [-0.05, 0) is 51.4 Å². The van der Waals surface area contributed by atoms with Gasteiger partial charge in [-0.15, -0.1) is 0 Å². The predicted molar refractivity (Wildman–Crippen MR) is 117 cm³/mol. The molecule has 2 N–H and O–H groups in total. The van der Waals surface area contributed by atoms with Gasteiger partial charge >= 0.3 is 11.9 Å². The molecule has 0 saturated heterocycles. The molecular formula is C24H42O4. The highest BCUT2D eigenvalue weighted by atomic mass is 16.4. The first-order chi connectivity index (χ1) is 13.6. The van der Waals surface area contributed by atoms with E-state index in [-0.39, 0.29) is 0 Å². The van der Waals surface area contributed by atoms with E-state index in [1.165, 1.54) is 38.5 Å². The fraction of sp³-hybridized carbons (Fsp3) is 0.750. The molecule has 0 radical (unpaired) electrons. The normalized spacial score (nSPS) is 11.6. The number of carboxylic acid groups (broad SMARTS) is 2. The third-order valence-corrected chi connectivity index (χ3v) is 4.86. The Kier molecular flexibility index (Phi) is 20.5. The van der Waals surface area contributed by atoms with E-state index in [2.05, 4.69) is 24.3 Å². The number of allylic oxidation sites excluding steroid dienone is 4. The molecule has 0 spiro atoms. The monoisotopic (exact) mass is 394 g/mol. The van der Waals surface area contributed by atoms with Gasteiger partial charge in [0.2, 0.25) is 0 Å². The van der Waals surface area contributed by atoms with Gasteiger partial charge < -0.3 is 10.2 Å². The van der Waals surface area contributed by atoms with Crippen LogP contribution in [-0.2, 0) is 9.59 Å². The molecule has 162 valence electrons. The summed E-state index contributed by atoms with van der Waals surface area (Å²) >= 11 is 0. The number of aliphatic carboxylic acids is 2.